The Kier molecular flexibility index (Phi) is 7.50. The lowest BCUT2D eigenvalue weighted by Crippen LogP contribution is -2.20. The van der Waals surface area contributed by atoms with Gasteiger partial charge in [-0.3, -0.25) is 0 Å². The van der Waals surface area contributed by atoms with E-state index in [1.54, 1.807) is 0 Å². The smallest absolute Gasteiger partial charge is 0.0716 e. The summed E-state index contributed by atoms with van der Waals surface area (Å²) in [6, 6.07) is 18.7. The Morgan fingerprint density at radius 3 is 2.32 bits per heavy atom. The van der Waals surface area contributed by atoms with Gasteiger partial charge >= 0.3 is 0 Å². The van der Waals surface area contributed by atoms with Gasteiger partial charge in [0.1, 0.15) is 0 Å². The third-order valence-electron chi connectivity index (χ3n) is 3.48. The van der Waals surface area contributed by atoms with E-state index in [4.69, 9.17) is 4.74 Å². The fourth-order valence-electron chi connectivity index (χ4n) is 2.17. The first-order valence-electron chi connectivity index (χ1n) is 8.08. The Hall–Kier alpha value is -1.84. The Labute approximate surface area is 133 Å². The third-order valence-corrected chi connectivity index (χ3v) is 3.48. The molecule has 2 aromatic rings. The van der Waals surface area contributed by atoms with E-state index < -0.39 is 0 Å². The fraction of sp³-hybridized carbons (Fsp3) is 0.368. The van der Waals surface area contributed by atoms with Crippen LogP contribution < -0.4 is 10.9 Å². The van der Waals surface area contributed by atoms with Crippen molar-refractivity contribution >= 4 is 5.69 Å². The van der Waals surface area contributed by atoms with Gasteiger partial charge in [-0.25, -0.2) is 5.43 Å². The molecule has 0 aliphatic heterocycles. The van der Waals surface area contributed by atoms with E-state index >= 15 is 0 Å². The highest BCUT2D eigenvalue weighted by Crippen LogP contribution is 2.07. The van der Waals surface area contributed by atoms with Crippen LogP contribution in [0.5, 0.6) is 0 Å². The molecule has 0 bridgehead atoms. The van der Waals surface area contributed by atoms with Crippen molar-refractivity contribution in [3.05, 3.63) is 65.7 Å². The third kappa shape index (κ3) is 6.29. The summed E-state index contributed by atoms with van der Waals surface area (Å²) in [7, 11) is 0. The average molecular weight is 298 g/mol. The Morgan fingerprint density at radius 1 is 0.864 bits per heavy atom. The van der Waals surface area contributed by atoms with E-state index in [-0.39, 0.29) is 0 Å². The number of para-hydroxylation sites is 1. The van der Waals surface area contributed by atoms with Crippen LogP contribution in [0.25, 0.3) is 0 Å². The first kappa shape index (κ1) is 16.5. The number of unbranched alkanes of at least 4 members (excludes halogenated alkanes) is 2. The van der Waals surface area contributed by atoms with Crippen LogP contribution in [-0.2, 0) is 17.9 Å². The fourth-order valence-corrected chi connectivity index (χ4v) is 2.17. The van der Waals surface area contributed by atoms with Gasteiger partial charge in [0.15, 0.2) is 0 Å². The molecule has 0 saturated carbocycles. The van der Waals surface area contributed by atoms with E-state index in [2.05, 4.69) is 42.0 Å². The molecule has 0 atom stereocenters. The summed E-state index contributed by atoms with van der Waals surface area (Å²) < 4.78 is 5.67. The Bertz CT molecular complexity index is 511. The standard InChI is InChI=1S/C19H26N2O/c1-2-3-7-14-22-16-18-12-10-17(11-13-18)15-20-21-19-8-5-4-6-9-19/h4-6,8-13,20-21H,2-3,7,14-16H2,1H3. The van der Waals surface area contributed by atoms with Gasteiger partial charge in [-0.05, 0) is 29.7 Å². The largest absolute Gasteiger partial charge is 0.377 e. The molecule has 0 aromatic heterocycles. The second kappa shape index (κ2) is 9.98. The number of nitrogens with one attached hydrogen (secondary N) is 2. The lowest BCUT2D eigenvalue weighted by atomic mass is 10.1. The van der Waals surface area contributed by atoms with Gasteiger partial charge in [0, 0.05) is 18.8 Å². The molecule has 0 heterocycles. The summed E-state index contributed by atoms with van der Waals surface area (Å²) in [6.45, 7) is 4.56. The van der Waals surface area contributed by atoms with E-state index in [0.717, 1.165) is 25.3 Å². The van der Waals surface area contributed by atoms with Crippen LogP contribution in [0.3, 0.4) is 0 Å². The maximum absolute atomic E-state index is 5.67. The van der Waals surface area contributed by atoms with Gasteiger partial charge in [-0.15, -0.1) is 0 Å². The maximum atomic E-state index is 5.67. The second-order valence-electron chi connectivity index (χ2n) is 5.42. The van der Waals surface area contributed by atoms with Crippen LogP contribution in [0.1, 0.15) is 37.3 Å². The molecule has 2 aromatic carbocycles. The number of ether oxygens (including phenoxy) is 1. The highest BCUT2D eigenvalue weighted by molar-refractivity contribution is 5.41. The zero-order valence-corrected chi connectivity index (χ0v) is 13.3. The first-order chi connectivity index (χ1) is 10.9. The molecule has 0 unspecified atom stereocenters. The minimum absolute atomic E-state index is 0.708. The molecule has 0 aliphatic carbocycles. The Morgan fingerprint density at radius 2 is 1.59 bits per heavy atom. The van der Waals surface area contributed by atoms with Crippen molar-refractivity contribution in [2.75, 3.05) is 12.0 Å². The highest BCUT2D eigenvalue weighted by Gasteiger charge is 1.96. The van der Waals surface area contributed by atoms with Crippen molar-refractivity contribution < 1.29 is 4.74 Å². The number of benzene rings is 2. The number of hydrogen-bond donors (Lipinski definition) is 2. The molecule has 22 heavy (non-hydrogen) atoms. The van der Waals surface area contributed by atoms with Crippen LogP contribution in [0.2, 0.25) is 0 Å². The predicted octanol–water partition coefficient (Wildman–Crippen LogP) is 4.51. The molecule has 0 fully saturated rings. The molecule has 118 valence electrons. The summed E-state index contributed by atoms with van der Waals surface area (Å²) in [4.78, 5) is 0. The maximum Gasteiger partial charge on any atom is 0.0716 e. The van der Waals surface area contributed by atoms with Crippen molar-refractivity contribution in [2.24, 2.45) is 0 Å². The van der Waals surface area contributed by atoms with E-state index in [9.17, 15) is 0 Å². The van der Waals surface area contributed by atoms with Crippen LogP contribution in [0, 0.1) is 0 Å². The zero-order valence-electron chi connectivity index (χ0n) is 13.3. The molecule has 0 saturated heterocycles. The van der Waals surface area contributed by atoms with Crippen LogP contribution >= 0.6 is 0 Å². The molecule has 0 amide bonds. The molecular formula is C19H26N2O. The number of rotatable bonds is 10. The van der Waals surface area contributed by atoms with Crippen molar-refractivity contribution in [3.63, 3.8) is 0 Å². The van der Waals surface area contributed by atoms with Gasteiger partial charge < -0.3 is 10.2 Å². The Balaban J connectivity index is 1.66. The molecule has 3 heteroatoms. The summed E-state index contributed by atoms with van der Waals surface area (Å²) in [5.41, 5.74) is 9.96. The molecule has 0 aliphatic rings. The first-order valence-corrected chi connectivity index (χ1v) is 8.08. The predicted molar refractivity (Wildman–Crippen MR) is 92.5 cm³/mol. The molecule has 0 spiro atoms. The van der Waals surface area contributed by atoms with Crippen LogP contribution in [0.15, 0.2) is 54.6 Å². The van der Waals surface area contributed by atoms with Gasteiger partial charge in [0.2, 0.25) is 0 Å². The van der Waals surface area contributed by atoms with E-state index in [1.807, 2.05) is 30.3 Å². The summed E-state index contributed by atoms with van der Waals surface area (Å²) in [5, 5.41) is 0. The number of hydrazine groups is 1. The quantitative estimate of drug-likeness (QED) is 0.500. The van der Waals surface area contributed by atoms with Crippen molar-refractivity contribution in [1.82, 2.24) is 5.43 Å². The van der Waals surface area contributed by atoms with Crippen molar-refractivity contribution in [2.45, 2.75) is 39.3 Å². The monoisotopic (exact) mass is 298 g/mol. The molecule has 2 N–H and O–H groups in total. The topological polar surface area (TPSA) is 33.3 Å². The van der Waals surface area contributed by atoms with Gasteiger partial charge in [-0.1, -0.05) is 62.2 Å². The SMILES string of the molecule is CCCCCOCc1ccc(CNNc2ccccc2)cc1. The normalized spacial score (nSPS) is 10.6. The van der Waals surface area contributed by atoms with Crippen LogP contribution in [-0.4, -0.2) is 6.61 Å². The van der Waals surface area contributed by atoms with E-state index in [0.29, 0.717) is 6.61 Å². The molecule has 3 nitrogen and oxygen atoms in total. The lowest BCUT2D eigenvalue weighted by molar-refractivity contribution is 0.117. The van der Waals surface area contributed by atoms with E-state index in [1.165, 1.54) is 24.0 Å². The highest BCUT2D eigenvalue weighted by atomic mass is 16.5. The molecule has 2 rings (SSSR count). The van der Waals surface area contributed by atoms with Crippen LogP contribution in [0.4, 0.5) is 5.69 Å². The van der Waals surface area contributed by atoms with Gasteiger partial charge in [0.05, 0.1) is 6.61 Å². The number of hydrogen-bond acceptors (Lipinski definition) is 3. The minimum Gasteiger partial charge on any atom is -0.377 e. The zero-order chi connectivity index (χ0) is 15.5. The van der Waals surface area contributed by atoms with Crippen molar-refractivity contribution in [3.8, 4) is 0 Å². The lowest BCUT2D eigenvalue weighted by Gasteiger charge is -2.09. The molecular weight excluding hydrogens is 272 g/mol. The van der Waals surface area contributed by atoms with Gasteiger partial charge in [-0.2, -0.15) is 0 Å². The van der Waals surface area contributed by atoms with Crippen molar-refractivity contribution in [1.29, 1.82) is 0 Å². The molecule has 0 radical (unpaired) electrons. The second-order valence-corrected chi connectivity index (χ2v) is 5.42. The van der Waals surface area contributed by atoms with Gasteiger partial charge in [0.25, 0.3) is 0 Å². The minimum atomic E-state index is 0.708. The average Bonchev–Trinajstić information content (AvgIpc) is 2.57. The summed E-state index contributed by atoms with van der Waals surface area (Å²) in [6.07, 6.45) is 3.64. The summed E-state index contributed by atoms with van der Waals surface area (Å²) in [5.74, 6) is 0. The number of anilines is 1. The summed E-state index contributed by atoms with van der Waals surface area (Å²) >= 11 is 0.